The molecule has 0 aliphatic carbocycles. The highest BCUT2D eigenvalue weighted by Crippen LogP contribution is 2.23. The van der Waals surface area contributed by atoms with E-state index < -0.39 is 6.61 Å². The van der Waals surface area contributed by atoms with Gasteiger partial charge in [-0.15, -0.1) is 0 Å². The predicted molar refractivity (Wildman–Crippen MR) is 71.4 cm³/mol. The second-order valence-corrected chi connectivity index (χ2v) is 4.71. The number of hydrogen-bond donors (Lipinski definition) is 0. The van der Waals surface area contributed by atoms with E-state index in [2.05, 4.69) is 4.74 Å². The average Bonchev–Trinajstić information content (AvgIpc) is 2.94. The number of ether oxygens (including phenoxy) is 2. The minimum atomic E-state index is -2.87. The van der Waals surface area contributed by atoms with Crippen LogP contribution in [0.15, 0.2) is 42.5 Å². The molecule has 0 spiro atoms. The number of fused-ring (bicyclic) bond motifs is 1. The van der Waals surface area contributed by atoms with Crippen molar-refractivity contribution in [2.45, 2.75) is 19.8 Å². The van der Waals surface area contributed by atoms with Gasteiger partial charge in [0.15, 0.2) is 5.78 Å². The number of hydrogen-bond acceptors (Lipinski definition) is 3. The van der Waals surface area contributed by atoms with Crippen molar-refractivity contribution in [3.05, 3.63) is 64.7 Å². The number of ketones is 1. The summed E-state index contributed by atoms with van der Waals surface area (Å²) in [5.74, 6) is -0.128. The van der Waals surface area contributed by atoms with Gasteiger partial charge in [-0.1, -0.05) is 12.1 Å². The van der Waals surface area contributed by atoms with E-state index >= 15 is 0 Å². The molecule has 108 valence electrons. The van der Waals surface area contributed by atoms with Gasteiger partial charge >= 0.3 is 6.61 Å². The van der Waals surface area contributed by atoms with Crippen molar-refractivity contribution in [2.75, 3.05) is 0 Å². The topological polar surface area (TPSA) is 35.5 Å². The van der Waals surface area contributed by atoms with Crippen molar-refractivity contribution in [2.24, 2.45) is 0 Å². The van der Waals surface area contributed by atoms with Crippen molar-refractivity contribution < 1.29 is 23.0 Å². The Hall–Kier alpha value is -2.27. The lowest BCUT2D eigenvalue weighted by atomic mass is 9.99. The fraction of sp³-hybridized carbons (Fsp3) is 0.188. The molecule has 0 aromatic heterocycles. The van der Waals surface area contributed by atoms with Crippen molar-refractivity contribution in [3.63, 3.8) is 0 Å². The molecular formula is C16H12F2O3. The Morgan fingerprint density at radius 3 is 2.38 bits per heavy atom. The van der Waals surface area contributed by atoms with Gasteiger partial charge in [-0.3, -0.25) is 4.79 Å². The van der Waals surface area contributed by atoms with Crippen molar-refractivity contribution >= 4 is 5.78 Å². The Labute approximate surface area is 120 Å². The van der Waals surface area contributed by atoms with E-state index in [0.717, 1.165) is 11.1 Å². The molecule has 0 amide bonds. The highest BCUT2D eigenvalue weighted by atomic mass is 19.3. The Kier molecular flexibility index (Phi) is 3.66. The lowest BCUT2D eigenvalue weighted by molar-refractivity contribution is -0.0498. The van der Waals surface area contributed by atoms with Crippen LogP contribution in [0.2, 0.25) is 0 Å². The van der Waals surface area contributed by atoms with Gasteiger partial charge in [-0.2, -0.15) is 8.78 Å². The van der Waals surface area contributed by atoms with E-state index in [9.17, 15) is 13.6 Å². The maximum absolute atomic E-state index is 12.3. The number of benzene rings is 2. The minimum Gasteiger partial charge on any atom is -0.435 e. The molecule has 0 radical (unpaired) electrons. The summed E-state index contributed by atoms with van der Waals surface area (Å²) in [6.07, 6.45) is 0. The van der Waals surface area contributed by atoms with Crippen LogP contribution < -0.4 is 4.74 Å². The van der Waals surface area contributed by atoms with E-state index in [1.807, 2.05) is 12.1 Å². The number of carbonyl (C=O) groups excluding carboxylic acids is 1. The third-order valence-corrected chi connectivity index (χ3v) is 3.33. The zero-order chi connectivity index (χ0) is 14.8. The SMILES string of the molecule is O=C(c1ccc(OC(F)F)cc1)c1ccc2c(c1)COC2. The molecule has 2 aromatic rings. The molecule has 0 N–H and O–H groups in total. The monoisotopic (exact) mass is 290 g/mol. The first kappa shape index (κ1) is 13.7. The summed E-state index contributed by atoms with van der Waals surface area (Å²) in [4.78, 5) is 12.3. The third-order valence-electron chi connectivity index (χ3n) is 3.33. The van der Waals surface area contributed by atoms with Crippen molar-refractivity contribution in [3.8, 4) is 5.75 Å². The van der Waals surface area contributed by atoms with Crippen LogP contribution in [0.3, 0.4) is 0 Å². The molecule has 1 aliphatic heterocycles. The maximum atomic E-state index is 12.3. The smallest absolute Gasteiger partial charge is 0.387 e. The summed E-state index contributed by atoms with van der Waals surface area (Å²) in [7, 11) is 0. The molecule has 5 heteroatoms. The lowest BCUT2D eigenvalue weighted by Crippen LogP contribution is -2.04. The van der Waals surface area contributed by atoms with E-state index in [4.69, 9.17) is 4.74 Å². The number of alkyl halides is 2. The van der Waals surface area contributed by atoms with Gasteiger partial charge in [-0.25, -0.2) is 0 Å². The summed E-state index contributed by atoms with van der Waals surface area (Å²) in [5, 5.41) is 0. The molecule has 0 saturated carbocycles. The quantitative estimate of drug-likeness (QED) is 0.808. The van der Waals surface area contributed by atoms with E-state index in [1.165, 1.54) is 24.3 Å². The normalized spacial score (nSPS) is 13.3. The first-order valence-electron chi connectivity index (χ1n) is 6.42. The molecule has 3 rings (SSSR count). The zero-order valence-electron chi connectivity index (χ0n) is 11.0. The molecule has 0 saturated heterocycles. The predicted octanol–water partition coefficient (Wildman–Crippen LogP) is 3.55. The van der Waals surface area contributed by atoms with E-state index in [0.29, 0.717) is 24.3 Å². The van der Waals surface area contributed by atoms with Crippen LogP contribution in [0.25, 0.3) is 0 Å². The zero-order valence-corrected chi connectivity index (χ0v) is 11.0. The standard InChI is InChI=1S/C16H12F2O3/c17-16(18)21-14-5-3-10(4-6-14)15(19)11-1-2-12-8-20-9-13(12)7-11/h1-7,16H,8-9H2. The molecule has 0 bridgehead atoms. The Morgan fingerprint density at radius 2 is 1.67 bits per heavy atom. The van der Waals surface area contributed by atoms with Crippen LogP contribution >= 0.6 is 0 Å². The van der Waals surface area contributed by atoms with E-state index in [-0.39, 0.29) is 11.5 Å². The number of carbonyl (C=O) groups is 1. The van der Waals surface area contributed by atoms with Gasteiger partial charge in [0.2, 0.25) is 0 Å². The van der Waals surface area contributed by atoms with Gasteiger partial charge in [-0.05, 0) is 41.5 Å². The second-order valence-electron chi connectivity index (χ2n) is 4.71. The Bertz CT molecular complexity index is 666. The number of halogens is 2. The summed E-state index contributed by atoms with van der Waals surface area (Å²) < 4.78 is 33.7. The molecule has 0 fully saturated rings. The van der Waals surface area contributed by atoms with Gasteiger partial charge in [0.25, 0.3) is 0 Å². The summed E-state index contributed by atoms with van der Waals surface area (Å²) in [6, 6.07) is 11.1. The lowest BCUT2D eigenvalue weighted by Gasteiger charge is -2.06. The molecule has 3 nitrogen and oxygen atoms in total. The highest BCUT2D eigenvalue weighted by molar-refractivity contribution is 6.09. The van der Waals surface area contributed by atoms with Gasteiger partial charge < -0.3 is 9.47 Å². The van der Waals surface area contributed by atoms with Crippen molar-refractivity contribution in [1.29, 1.82) is 0 Å². The van der Waals surface area contributed by atoms with Crippen LogP contribution in [0.5, 0.6) is 5.75 Å². The van der Waals surface area contributed by atoms with Crippen LogP contribution in [-0.2, 0) is 18.0 Å². The van der Waals surface area contributed by atoms with Crippen molar-refractivity contribution in [1.82, 2.24) is 0 Å². The summed E-state index contributed by atoms with van der Waals surface area (Å²) in [6.45, 7) is -1.79. The molecule has 1 heterocycles. The molecule has 21 heavy (non-hydrogen) atoms. The van der Waals surface area contributed by atoms with Crippen LogP contribution in [0.4, 0.5) is 8.78 Å². The summed E-state index contributed by atoms with van der Waals surface area (Å²) >= 11 is 0. The average molecular weight is 290 g/mol. The first-order chi connectivity index (χ1) is 10.1. The van der Waals surface area contributed by atoms with E-state index in [1.54, 1.807) is 6.07 Å². The number of rotatable bonds is 4. The first-order valence-corrected chi connectivity index (χ1v) is 6.42. The molecule has 0 unspecified atom stereocenters. The minimum absolute atomic E-state index is 0.0314. The Balaban J connectivity index is 1.81. The summed E-state index contributed by atoms with van der Waals surface area (Å²) in [5.41, 5.74) is 3.09. The van der Waals surface area contributed by atoms with Gasteiger partial charge in [0, 0.05) is 11.1 Å². The molecule has 0 atom stereocenters. The van der Waals surface area contributed by atoms with Crippen LogP contribution in [-0.4, -0.2) is 12.4 Å². The van der Waals surface area contributed by atoms with Gasteiger partial charge in [0.05, 0.1) is 13.2 Å². The highest BCUT2D eigenvalue weighted by Gasteiger charge is 2.15. The van der Waals surface area contributed by atoms with Crippen LogP contribution in [0.1, 0.15) is 27.0 Å². The molecule has 1 aliphatic rings. The fourth-order valence-corrected chi connectivity index (χ4v) is 2.27. The molecular weight excluding hydrogens is 278 g/mol. The fourth-order valence-electron chi connectivity index (χ4n) is 2.27. The largest absolute Gasteiger partial charge is 0.435 e. The third kappa shape index (κ3) is 2.92. The van der Waals surface area contributed by atoms with Gasteiger partial charge in [0.1, 0.15) is 5.75 Å². The maximum Gasteiger partial charge on any atom is 0.387 e. The van der Waals surface area contributed by atoms with Crippen LogP contribution in [0, 0.1) is 0 Å². The Morgan fingerprint density at radius 1 is 1.00 bits per heavy atom. The molecule has 2 aromatic carbocycles. The second kappa shape index (κ2) is 5.61.